The molecule has 3 aromatic heterocycles. The minimum Gasteiger partial charge on any atom is -0.369 e. The summed E-state index contributed by atoms with van der Waals surface area (Å²) in [5.41, 5.74) is 13.5. The Bertz CT molecular complexity index is 1320. The van der Waals surface area contributed by atoms with Crippen LogP contribution in [0.2, 0.25) is 0 Å². The smallest absolute Gasteiger partial charge is 0.222 e. The molecule has 0 aliphatic carbocycles. The monoisotopic (exact) mass is 439 g/mol. The topological polar surface area (TPSA) is 87.9 Å². The molecule has 1 fully saturated rings. The highest BCUT2D eigenvalue weighted by molar-refractivity contribution is 5.94. The summed E-state index contributed by atoms with van der Waals surface area (Å²) in [5.74, 6) is 0.946. The number of carbonyl (C=O) groups is 1. The molecular weight excluding hydrogens is 410 g/mol. The summed E-state index contributed by atoms with van der Waals surface area (Å²) < 4.78 is 0. The third-order valence-corrected chi connectivity index (χ3v) is 6.60. The zero-order valence-electron chi connectivity index (χ0n) is 19.3. The fourth-order valence-corrected chi connectivity index (χ4v) is 4.87. The summed E-state index contributed by atoms with van der Waals surface area (Å²) in [6, 6.07) is 14.9. The molecule has 168 valence electrons. The van der Waals surface area contributed by atoms with Crippen molar-refractivity contribution in [3.05, 3.63) is 66.1 Å². The average Bonchev–Trinajstić information content (AvgIpc) is 3.44. The van der Waals surface area contributed by atoms with E-state index in [1.54, 1.807) is 0 Å². The van der Waals surface area contributed by atoms with Crippen LogP contribution in [0.25, 0.3) is 33.3 Å². The molecule has 4 aromatic rings. The van der Waals surface area contributed by atoms with E-state index in [9.17, 15) is 4.79 Å². The number of carbonyl (C=O) groups excluding carboxylic acids is 1. The quantitative estimate of drug-likeness (QED) is 0.456. The lowest BCUT2D eigenvalue weighted by Gasteiger charge is -2.17. The van der Waals surface area contributed by atoms with Gasteiger partial charge in [0.1, 0.15) is 5.82 Å². The number of primary amides is 1. The first kappa shape index (κ1) is 21.2. The molecule has 5 rings (SSSR count). The van der Waals surface area contributed by atoms with Gasteiger partial charge in [-0.1, -0.05) is 19.9 Å². The summed E-state index contributed by atoms with van der Waals surface area (Å²) >= 11 is 0. The Morgan fingerprint density at radius 3 is 2.58 bits per heavy atom. The minimum atomic E-state index is -0.226. The molecule has 6 nitrogen and oxygen atoms in total. The summed E-state index contributed by atoms with van der Waals surface area (Å²) in [5, 5.41) is 1.24. The van der Waals surface area contributed by atoms with E-state index >= 15 is 0 Å². The number of hydrogen-bond donors (Lipinski definition) is 2. The molecule has 0 radical (unpaired) electrons. The van der Waals surface area contributed by atoms with E-state index in [0.29, 0.717) is 12.5 Å². The lowest BCUT2D eigenvalue weighted by molar-refractivity contribution is -0.121. The van der Waals surface area contributed by atoms with Crippen LogP contribution in [-0.2, 0) is 4.79 Å². The summed E-state index contributed by atoms with van der Waals surface area (Å²) in [7, 11) is 0. The zero-order valence-corrected chi connectivity index (χ0v) is 19.3. The van der Waals surface area contributed by atoms with Crippen molar-refractivity contribution < 1.29 is 4.79 Å². The van der Waals surface area contributed by atoms with Crippen molar-refractivity contribution in [2.24, 2.45) is 11.7 Å². The molecule has 0 bridgehead atoms. The largest absolute Gasteiger partial charge is 0.369 e. The van der Waals surface area contributed by atoms with Gasteiger partial charge in [0, 0.05) is 53.2 Å². The van der Waals surface area contributed by atoms with E-state index in [1.165, 1.54) is 10.9 Å². The maximum Gasteiger partial charge on any atom is 0.222 e. The van der Waals surface area contributed by atoms with Crippen molar-refractivity contribution in [1.82, 2.24) is 15.0 Å². The second-order valence-electron chi connectivity index (χ2n) is 9.25. The summed E-state index contributed by atoms with van der Waals surface area (Å²) in [6.45, 7) is 7.94. The van der Waals surface area contributed by atoms with Gasteiger partial charge in [-0.25, -0.2) is 4.98 Å². The van der Waals surface area contributed by atoms with Crippen LogP contribution in [0.15, 0.2) is 54.9 Å². The van der Waals surface area contributed by atoms with Crippen LogP contribution in [0.5, 0.6) is 0 Å². The Kier molecular flexibility index (Phi) is 5.36. The Balaban J connectivity index is 1.49. The van der Waals surface area contributed by atoms with Gasteiger partial charge in [0.25, 0.3) is 0 Å². The van der Waals surface area contributed by atoms with Crippen LogP contribution < -0.4 is 10.6 Å². The van der Waals surface area contributed by atoms with Crippen LogP contribution in [0.1, 0.15) is 37.4 Å². The Morgan fingerprint density at radius 1 is 1.09 bits per heavy atom. The molecule has 33 heavy (non-hydrogen) atoms. The van der Waals surface area contributed by atoms with Crippen molar-refractivity contribution in [1.29, 1.82) is 0 Å². The number of H-pyrrole nitrogens is 1. The van der Waals surface area contributed by atoms with Gasteiger partial charge in [0.05, 0.1) is 11.6 Å². The maximum atomic E-state index is 11.5. The molecule has 1 amide bonds. The van der Waals surface area contributed by atoms with Gasteiger partial charge < -0.3 is 15.6 Å². The first-order chi connectivity index (χ1) is 15.9. The number of aryl methyl sites for hydroxylation is 1. The predicted molar refractivity (Wildman–Crippen MR) is 133 cm³/mol. The summed E-state index contributed by atoms with van der Waals surface area (Å²) in [4.78, 5) is 26.3. The number of nitrogens with one attached hydrogen (secondary N) is 1. The molecule has 1 atom stereocenters. The van der Waals surface area contributed by atoms with Crippen LogP contribution >= 0.6 is 0 Å². The van der Waals surface area contributed by atoms with E-state index in [-0.39, 0.29) is 11.8 Å². The molecule has 6 heteroatoms. The first-order valence-corrected chi connectivity index (χ1v) is 11.5. The van der Waals surface area contributed by atoms with E-state index in [2.05, 4.69) is 65.1 Å². The molecular formula is C27H29N5O. The minimum absolute atomic E-state index is 0.0877. The van der Waals surface area contributed by atoms with E-state index < -0.39 is 0 Å². The maximum absolute atomic E-state index is 11.5. The number of aromatic amines is 1. The Hall–Kier alpha value is -3.67. The molecule has 4 heterocycles. The van der Waals surface area contributed by atoms with Crippen molar-refractivity contribution >= 4 is 22.6 Å². The molecule has 0 spiro atoms. The molecule has 3 N–H and O–H groups in total. The number of amides is 1. The molecule has 1 aliphatic rings. The predicted octanol–water partition coefficient (Wildman–Crippen LogP) is 5.04. The van der Waals surface area contributed by atoms with Crippen LogP contribution in [-0.4, -0.2) is 33.9 Å². The van der Waals surface area contributed by atoms with Crippen LogP contribution in [0.4, 0.5) is 5.82 Å². The average molecular weight is 440 g/mol. The molecule has 0 saturated carbocycles. The lowest BCUT2D eigenvalue weighted by atomic mass is 9.94. The Morgan fingerprint density at radius 2 is 1.91 bits per heavy atom. The molecule has 0 unspecified atom stereocenters. The zero-order chi connectivity index (χ0) is 23.1. The highest BCUT2D eigenvalue weighted by atomic mass is 16.1. The number of fused-ring (bicyclic) bond motifs is 1. The standard InChI is InChI=1S/C27H29N5O/c1-16(2)25-22-13-18(4-6-23(22)31-26(25)19-8-10-29-17(3)12-19)20-5-7-24(30-14-20)32-11-9-21(15-32)27(28)33/h4-8,10,12-14,16,21,31H,9,11,15H2,1-3H3,(H2,28,33)/t21-/m1/s1. The fraction of sp³-hybridized carbons (Fsp3) is 0.296. The lowest BCUT2D eigenvalue weighted by Crippen LogP contribution is -2.27. The number of aromatic nitrogens is 3. The van der Waals surface area contributed by atoms with Gasteiger partial charge in [0.2, 0.25) is 5.91 Å². The number of nitrogens with two attached hydrogens (primary N) is 1. The number of nitrogens with zero attached hydrogens (tertiary/aromatic N) is 3. The molecule has 1 aromatic carbocycles. The third kappa shape index (κ3) is 3.97. The first-order valence-electron chi connectivity index (χ1n) is 11.5. The number of hydrogen-bond acceptors (Lipinski definition) is 4. The van der Waals surface area contributed by atoms with Crippen molar-refractivity contribution in [2.75, 3.05) is 18.0 Å². The second kappa shape index (κ2) is 8.35. The SMILES string of the molecule is Cc1cc(-c2[nH]c3ccc(-c4ccc(N5CC[C@@H](C(N)=O)C5)nc4)cc3c2C(C)C)ccn1. The van der Waals surface area contributed by atoms with Gasteiger partial charge in [-0.05, 0) is 66.8 Å². The van der Waals surface area contributed by atoms with Gasteiger partial charge in [-0.15, -0.1) is 0 Å². The second-order valence-corrected chi connectivity index (χ2v) is 9.25. The normalized spacial score (nSPS) is 16.1. The number of benzene rings is 1. The highest BCUT2D eigenvalue weighted by Crippen LogP contribution is 2.37. The van der Waals surface area contributed by atoms with E-state index in [1.807, 2.05) is 25.4 Å². The van der Waals surface area contributed by atoms with Gasteiger partial charge in [0.15, 0.2) is 0 Å². The van der Waals surface area contributed by atoms with Crippen molar-refractivity contribution in [3.63, 3.8) is 0 Å². The van der Waals surface area contributed by atoms with Gasteiger partial charge in [-0.2, -0.15) is 0 Å². The van der Waals surface area contributed by atoms with Gasteiger partial charge >= 0.3 is 0 Å². The van der Waals surface area contributed by atoms with Crippen molar-refractivity contribution in [3.8, 4) is 22.4 Å². The molecule has 1 saturated heterocycles. The van der Waals surface area contributed by atoms with Crippen molar-refractivity contribution in [2.45, 2.75) is 33.1 Å². The van der Waals surface area contributed by atoms with Crippen LogP contribution in [0.3, 0.4) is 0 Å². The third-order valence-electron chi connectivity index (χ3n) is 6.60. The summed E-state index contributed by atoms with van der Waals surface area (Å²) in [6.07, 6.45) is 4.58. The van der Waals surface area contributed by atoms with Gasteiger partial charge in [-0.3, -0.25) is 9.78 Å². The number of anilines is 1. The van der Waals surface area contributed by atoms with Crippen LogP contribution in [0, 0.1) is 12.8 Å². The fourth-order valence-electron chi connectivity index (χ4n) is 4.87. The number of pyridine rings is 2. The highest BCUT2D eigenvalue weighted by Gasteiger charge is 2.27. The van der Waals surface area contributed by atoms with E-state index in [0.717, 1.165) is 52.4 Å². The number of rotatable bonds is 5. The Labute approximate surface area is 193 Å². The molecule has 1 aliphatic heterocycles. The van der Waals surface area contributed by atoms with E-state index in [4.69, 9.17) is 10.7 Å².